The first-order valence-electron chi connectivity index (χ1n) is 8.51. The number of guanidine groups is 1. The van der Waals surface area contributed by atoms with Crippen LogP contribution in [-0.4, -0.2) is 57.2 Å². The van der Waals surface area contributed by atoms with E-state index in [2.05, 4.69) is 22.5 Å². The summed E-state index contributed by atoms with van der Waals surface area (Å²) in [4.78, 5) is 18.8. The number of ether oxygens (including phenoxy) is 1. The lowest BCUT2D eigenvalue weighted by Crippen LogP contribution is -2.40. The number of methoxy groups -OCH3 is 1. The van der Waals surface area contributed by atoms with Crippen LogP contribution >= 0.6 is 24.0 Å². The van der Waals surface area contributed by atoms with Crippen molar-refractivity contribution in [2.45, 2.75) is 19.9 Å². The molecule has 1 heterocycles. The maximum atomic E-state index is 11.7. The molecule has 1 amide bonds. The van der Waals surface area contributed by atoms with Crippen molar-refractivity contribution in [2.75, 3.05) is 40.4 Å². The highest BCUT2D eigenvalue weighted by molar-refractivity contribution is 14.0. The molecule has 0 spiro atoms. The fourth-order valence-corrected chi connectivity index (χ4v) is 2.94. The normalized spacial score (nSPS) is 17.2. The monoisotopic (exact) mass is 460 g/mol. The Hall–Kier alpha value is -1.35. The number of nitrogens with zero attached hydrogens (tertiary/aromatic N) is 2. The molecular weight excluding hydrogens is 431 g/mol. The van der Waals surface area contributed by atoms with Crippen LogP contribution in [0.5, 0.6) is 0 Å². The molecule has 1 aliphatic heterocycles. The highest BCUT2D eigenvalue weighted by Crippen LogP contribution is 2.17. The first-order chi connectivity index (χ1) is 11.7. The molecule has 2 rings (SSSR count). The quantitative estimate of drug-likeness (QED) is 0.388. The molecule has 25 heavy (non-hydrogen) atoms. The van der Waals surface area contributed by atoms with Gasteiger partial charge in [-0.25, -0.2) is 4.99 Å². The molecule has 0 aliphatic carbocycles. The Kier molecular flexibility index (Phi) is 9.81. The number of likely N-dealkylation sites (tertiary alicyclic amines) is 1. The number of rotatable bonds is 6. The van der Waals surface area contributed by atoms with E-state index in [1.165, 1.54) is 0 Å². The number of halogens is 1. The smallest absolute Gasteiger partial charge is 0.251 e. The highest BCUT2D eigenvalue weighted by Gasteiger charge is 2.24. The van der Waals surface area contributed by atoms with Gasteiger partial charge in [-0.05, 0) is 31.0 Å². The SMILES string of the molecule is CCNC(=NCc1cccc(C(=O)NC)c1)N1CCC(COC)C1.I. The zero-order valence-corrected chi connectivity index (χ0v) is 17.6. The van der Waals surface area contributed by atoms with Crippen molar-refractivity contribution in [1.29, 1.82) is 0 Å². The summed E-state index contributed by atoms with van der Waals surface area (Å²) >= 11 is 0. The first-order valence-corrected chi connectivity index (χ1v) is 8.51. The molecule has 0 aromatic heterocycles. The van der Waals surface area contributed by atoms with E-state index < -0.39 is 0 Å². The van der Waals surface area contributed by atoms with E-state index in [9.17, 15) is 4.79 Å². The Morgan fingerprint density at radius 1 is 1.44 bits per heavy atom. The van der Waals surface area contributed by atoms with Crippen molar-refractivity contribution in [1.82, 2.24) is 15.5 Å². The second kappa shape index (κ2) is 11.3. The third-order valence-electron chi connectivity index (χ3n) is 4.15. The maximum absolute atomic E-state index is 11.7. The van der Waals surface area contributed by atoms with Gasteiger partial charge in [-0.1, -0.05) is 12.1 Å². The lowest BCUT2D eigenvalue weighted by molar-refractivity contribution is 0.0963. The molecule has 7 heteroatoms. The van der Waals surface area contributed by atoms with Gasteiger partial charge in [0.15, 0.2) is 5.96 Å². The predicted molar refractivity (Wildman–Crippen MR) is 112 cm³/mol. The third kappa shape index (κ3) is 6.47. The number of amides is 1. The van der Waals surface area contributed by atoms with Crippen LogP contribution in [0.3, 0.4) is 0 Å². The molecule has 1 atom stereocenters. The number of carbonyl (C=O) groups is 1. The van der Waals surface area contributed by atoms with Gasteiger partial charge >= 0.3 is 0 Å². The molecule has 1 unspecified atom stereocenters. The lowest BCUT2D eigenvalue weighted by atomic mass is 10.1. The molecule has 0 radical (unpaired) electrons. The number of hydrogen-bond acceptors (Lipinski definition) is 3. The predicted octanol–water partition coefficient (Wildman–Crippen LogP) is 2.10. The van der Waals surface area contributed by atoms with Crippen LogP contribution in [0, 0.1) is 5.92 Å². The fourth-order valence-electron chi connectivity index (χ4n) is 2.94. The number of benzene rings is 1. The van der Waals surface area contributed by atoms with Gasteiger partial charge in [-0.15, -0.1) is 24.0 Å². The van der Waals surface area contributed by atoms with Gasteiger partial charge in [0.25, 0.3) is 5.91 Å². The van der Waals surface area contributed by atoms with Crippen molar-refractivity contribution < 1.29 is 9.53 Å². The van der Waals surface area contributed by atoms with E-state index in [1.54, 1.807) is 14.2 Å². The van der Waals surface area contributed by atoms with Crippen LogP contribution in [-0.2, 0) is 11.3 Å². The zero-order chi connectivity index (χ0) is 17.4. The molecule has 140 valence electrons. The van der Waals surface area contributed by atoms with Crippen LogP contribution in [0.2, 0.25) is 0 Å². The van der Waals surface area contributed by atoms with Crippen LogP contribution in [0.4, 0.5) is 0 Å². The van der Waals surface area contributed by atoms with Crippen molar-refractivity contribution in [3.05, 3.63) is 35.4 Å². The summed E-state index contributed by atoms with van der Waals surface area (Å²) in [6.45, 7) is 6.23. The second-order valence-electron chi connectivity index (χ2n) is 6.01. The Balaban J connectivity index is 0.00000312. The molecule has 0 bridgehead atoms. The minimum absolute atomic E-state index is 0. The van der Waals surface area contributed by atoms with Gasteiger partial charge in [0.1, 0.15) is 0 Å². The summed E-state index contributed by atoms with van der Waals surface area (Å²) in [6.07, 6.45) is 1.13. The molecule has 1 aromatic carbocycles. The lowest BCUT2D eigenvalue weighted by Gasteiger charge is -2.21. The summed E-state index contributed by atoms with van der Waals surface area (Å²) < 4.78 is 5.26. The molecule has 6 nitrogen and oxygen atoms in total. The fraction of sp³-hybridized carbons (Fsp3) is 0.556. The van der Waals surface area contributed by atoms with Gasteiger partial charge < -0.3 is 20.3 Å². The van der Waals surface area contributed by atoms with E-state index >= 15 is 0 Å². The molecule has 1 fully saturated rings. The van der Waals surface area contributed by atoms with Gasteiger partial charge in [-0.2, -0.15) is 0 Å². The van der Waals surface area contributed by atoms with E-state index in [-0.39, 0.29) is 29.9 Å². The Morgan fingerprint density at radius 3 is 2.92 bits per heavy atom. The van der Waals surface area contributed by atoms with Crippen molar-refractivity contribution in [3.63, 3.8) is 0 Å². The van der Waals surface area contributed by atoms with Crippen molar-refractivity contribution in [3.8, 4) is 0 Å². The largest absolute Gasteiger partial charge is 0.384 e. The summed E-state index contributed by atoms with van der Waals surface area (Å²) in [5, 5.41) is 6.01. The molecular formula is C18H29IN4O2. The summed E-state index contributed by atoms with van der Waals surface area (Å²) in [5.41, 5.74) is 1.69. The maximum Gasteiger partial charge on any atom is 0.251 e. The van der Waals surface area contributed by atoms with E-state index in [4.69, 9.17) is 9.73 Å². The minimum atomic E-state index is -0.0744. The van der Waals surface area contributed by atoms with E-state index in [0.717, 1.165) is 44.2 Å². The zero-order valence-electron chi connectivity index (χ0n) is 15.2. The number of carbonyl (C=O) groups excluding carboxylic acids is 1. The molecule has 1 aromatic rings. The molecule has 0 saturated carbocycles. The molecule has 1 saturated heterocycles. The summed E-state index contributed by atoms with van der Waals surface area (Å²) in [6, 6.07) is 7.60. The third-order valence-corrected chi connectivity index (χ3v) is 4.15. The van der Waals surface area contributed by atoms with Gasteiger partial charge in [0.05, 0.1) is 13.2 Å². The summed E-state index contributed by atoms with van der Waals surface area (Å²) in [7, 11) is 3.39. The Bertz CT molecular complexity index is 580. The number of nitrogens with one attached hydrogen (secondary N) is 2. The first kappa shape index (κ1) is 21.7. The average molecular weight is 460 g/mol. The van der Waals surface area contributed by atoms with Crippen LogP contribution in [0.15, 0.2) is 29.3 Å². The second-order valence-corrected chi connectivity index (χ2v) is 6.01. The Morgan fingerprint density at radius 2 is 2.24 bits per heavy atom. The van der Waals surface area contributed by atoms with Crippen molar-refractivity contribution >= 4 is 35.8 Å². The minimum Gasteiger partial charge on any atom is -0.384 e. The van der Waals surface area contributed by atoms with Crippen LogP contribution in [0.25, 0.3) is 0 Å². The number of aliphatic imine (C=N–C) groups is 1. The standard InChI is InChI=1S/C18H28N4O2.HI/c1-4-20-18(22-9-8-15(12-22)13-24-3)21-11-14-6-5-7-16(10-14)17(23)19-2;/h5-7,10,15H,4,8-9,11-13H2,1-3H3,(H,19,23)(H,20,21);1H. The molecule has 1 aliphatic rings. The van der Waals surface area contributed by atoms with Gasteiger partial charge in [-0.3, -0.25) is 4.79 Å². The summed E-state index contributed by atoms with van der Waals surface area (Å²) in [5.74, 6) is 1.42. The topological polar surface area (TPSA) is 66.0 Å². The molecule has 2 N–H and O–H groups in total. The van der Waals surface area contributed by atoms with E-state index in [0.29, 0.717) is 18.0 Å². The average Bonchev–Trinajstić information content (AvgIpc) is 3.07. The van der Waals surface area contributed by atoms with Crippen LogP contribution < -0.4 is 10.6 Å². The number of hydrogen-bond donors (Lipinski definition) is 2. The Labute approximate surface area is 167 Å². The van der Waals surface area contributed by atoms with Gasteiger partial charge in [0, 0.05) is 45.3 Å². The van der Waals surface area contributed by atoms with Gasteiger partial charge in [0.2, 0.25) is 0 Å². The van der Waals surface area contributed by atoms with E-state index in [1.807, 2.05) is 24.3 Å². The highest BCUT2D eigenvalue weighted by atomic mass is 127. The van der Waals surface area contributed by atoms with Crippen LogP contribution in [0.1, 0.15) is 29.3 Å². The van der Waals surface area contributed by atoms with Crippen molar-refractivity contribution in [2.24, 2.45) is 10.9 Å².